The molecule has 13 nitrogen and oxygen atoms in total. The molecule has 0 aromatic heterocycles. The van der Waals surface area contributed by atoms with Crippen molar-refractivity contribution in [2.45, 2.75) is 304 Å². The fraction of sp³-hybridized carbons (Fsp3) is 0.982. The predicted octanol–water partition coefficient (Wildman–Crippen LogP) is 10.9. The molecule has 2 unspecified atom stereocenters. The molecule has 0 amide bonds. The Kier molecular flexibility index (Phi) is 26.2. The molecule has 0 aromatic carbocycles. The highest BCUT2D eigenvalue weighted by molar-refractivity contribution is 5.69. The first kappa shape index (κ1) is 65.0. The SMILES string of the molecule is CC(C)(O)CON1CCC(O)C(C)(C)C1(C)C.CC(C)(O)CON1CCC(O)C(C)(C)C1(C)C.CCCCCCCCCCCCCCCC(=O)OC1CC(C)(C)N(OCC(C)(C)O)C(C)(C)C1. The first-order valence-electron chi connectivity index (χ1n) is 26.8. The minimum absolute atomic E-state index is 0.0643. The van der Waals surface area contributed by atoms with E-state index >= 15 is 0 Å². The first-order valence-corrected chi connectivity index (χ1v) is 26.8. The Bertz CT molecular complexity index is 1340. The van der Waals surface area contributed by atoms with Crippen molar-refractivity contribution in [3.63, 3.8) is 0 Å². The molecule has 3 saturated heterocycles. The standard InChI is InChI=1S/C29H57NO4.2C13H27NO3/c1-8-9-10-11-12-13-14-15-16-17-18-19-20-21-26(31)34-25-22-27(2,3)30(28(4,5)23-25)33-24-29(6,7)32;2*1-11(2,16)9-17-14-8-7-10(15)12(3,4)13(14,5)6/h25,32H,8-24H2,1-7H3;2*10,15-16H,7-9H2,1-6H3. The van der Waals surface area contributed by atoms with Gasteiger partial charge in [0.05, 0.1) is 48.8 Å². The van der Waals surface area contributed by atoms with E-state index in [0.717, 1.165) is 25.7 Å². The van der Waals surface area contributed by atoms with Crippen LogP contribution in [0.5, 0.6) is 0 Å². The molecule has 3 aliphatic heterocycles. The van der Waals surface area contributed by atoms with Gasteiger partial charge in [-0.05, 0) is 116 Å². The fourth-order valence-electron chi connectivity index (χ4n) is 9.50. The van der Waals surface area contributed by atoms with E-state index in [2.05, 4.69) is 90.0 Å². The largest absolute Gasteiger partial charge is 0.462 e. The molecular weight excluding hydrogens is 863 g/mol. The number of aliphatic hydroxyl groups excluding tert-OH is 2. The van der Waals surface area contributed by atoms with Crippen molar-refractivity contribution >= 4 is 5.97 Å². The summed E-state index contributed by atoms with van der Waals surface area (Å²) in [5.74, 6) is -0.0643. The molecule has 0 bridgehead atoms. The monoisotopic (exact) mass is 974 g/mol. The number of carbonyl (C=O) groups is 1. The van der Waals surface area contributed by atoms with E-state index in [9.17, 15) is 30.3 Å². The van der Waals surface area contributed by atoms with Gasteiger partial charge in [-0.2, -0.15) is 15.2 Å². The van der Waals surface area contributed by atoms with Crippen LogP contribution in [0.15, 0.2) is 0 Å². The van der Waals surface area contributed by atoms with Crippen LogP contribution in [0, 0.1) is 10.8 Å². The molecule has 0 spiro atoms. The molecule has 3 rings (SSSR count). The normalized spacial score (nSPS) is 24.1. The molecule has 2 atom stereocenters. The van der Waals surface area contributed by atoms with Gasteiger partial charge in [0.1, 0.15) is 6.10 Å². The molecular formula is C55H111N3O10. The number of unbranched alkanes of at least 4 members (excludes halogenated alkanes) is 12. The summed E-state index contributed by atoms with van der Waals surface area (Å²) in [7, 11) is 0. The summed E-state index contributed by atoms with van der Waals surface area (Å²) < 4.78 is 5.89. The number of aliphatic hydroxyl groups is 5. The number of rotatable bonds is 24. The number of hydrogen-bond donors (Lipinski definition) is 5. The van der Waals surface area contributed by atoms with Crippen LogP contribution in [0.2, 0.25) is 0 Å². The smallest absolute Gasteiger partial charge is 0.306 e. The van der Waals surface area contributed by atoms with Crippen LogP contribution in [-0.2, 0) is 24.0 Å². The van der Waals surface area contributed by atoms with Crippen molar-refractivity contribution in [1.82, 2.24) is 15.2 Å². The Labute approximate surface area is 417 Å². The molecule has 0 radical (unpaired) electrons. The van der Waals surface area contributed by atoms with Gasteiger partial charge in [0, 0.05) is 65.3 Å². The lowest BCUT2D eigenvalue weighted by molar-refractivity contribution is -0.306. The number of ether oxygens (including phenoxy) is 1. The number of hydrogen-bond acceptors (Lipinski definition) is 13. The van der Waals surface area contributed by atoms with Gasteiger partial charge in [0.2, 0.25) is 0 Å². The maximum absolute atomic E-state index is 12.5. The quantitative estimate of drug-likeness (QED) is 0.0459. The van der Waals surface area contributed by atoms with Gasteiger partial charge >= 0.3 is 5.97 Å². The first-order chi connectivity index (χ1) is 30.8. The van der Waals surface area contributed by atoms with E-state index in [1.54, 1.807) is 41.5 Å². The Morgan fingerprint density at radius 3 is 1.15 bits per heavy atom. The second kappa shape index (κ2) is 27.4. The van der Waals surface area contributed by atoms with E-state index < -0.39 is 16.8 Å². The molecule has 406 valence electrons. The molecule has 0 aliphatic carbocycles. The van der Waals surface area contributed by atoms with Gasteiger partial charge in [0.15, 0.2) is 0 Å². The van der Waals surface area contributed by atoms with Crippen molar-refractivity contribution < 1.29 is 49.6 Å². The number of esters is 1. The third-order valence-corrected chi connectivity index (χ3v) is 15.3. The highest BCUT2D eigenvalue weighted by Crippen LogP contribution is 2.45. The van der Waals surface area contributed by atoms with E-state index in [1.807, 2.05) is 15.2 Å². The van der Waals surface area contributed by atoms with E-state index in [4.69, 9.17) is 19.2 Å². The van der Waals surface area contributed by atoms with Crippen LogP contribution < -0.4 is 0 Å². The average Bonchev–Trinajstić information content (AvgIpc) is 3.16. The summed E-state index contributed by atoms with van der Waals surface area (Å²) in [6.07, 6.45) is 19.6. The van der Waals surface area contributed by atoms with Crippen LogP contribution >= 0.6 is 0 Å². The number of carbonyl (C=O) groups excluding carboxylic acids is 1. The summed E-state index contributed by atoms with van der Waals surface area (Å²) in [5.41, 5.74) is -4.15. The van der Waals surface area contributed by atoms with Crippen molar-refractivity contribution in [3.8, 4) is 0 Å². The lowest BCUT2D eigenvalue weighted by Crippen LogP contribution is -2.63. The van der Waals surface area contributed by atoms with Crippen LogP contribution in [0.25, 0.3) is 0 Å². The average molecular weight is 975 g/mol. The lowest BCUT2D eigenvalue weighted by Gasteiger charge is -2.54. The van der Waals surface area contributed by atoms with Crippen LogP contribution in [0.3, 0.4) is 0 Å². The Hall–Kier alpha value is -0.970. The summed E-state index contributed by atoms with van der Waals surface area (Å²) in [5, 5.41) is 55.4. The number of piperidine rings is 3. The molecule has 3 fully saturated rings. The third-order valence-electron chi connectivity index (χ3n) is 15.3. The molecule has 13 heteroatoms. The molecule has 0 aromatic rings. The maximum Gasteiger partial charge on any atom is 0.306 e. The Balaban J connectivity index is 0.000000567. The minimum Gasteiger partial charge on any atom is -0.462 e. The van der Waals surface area contributed by atoms with Crippen LogP contribution in [0.1, 0.15) is 247 Å². The number of hydroxylamine groups is 6. The zero-order valence-corrected chi connectivity index (χ0v) is 47.6. The molecule has 3 aliphatic rings. The maximum atomic E-state index is 12.5. The van der Waals surface area contributed by atoms with Gasteiger partial charge in [-0.15, -0.1) is 0 Å². The Morgan fingerprint density at radius 2 is 0.824 bits per heavy atom. The van der Waals surface area contributed by atoms with Crippen molar-refractivity contribution in [3.05, 3.63) is 0 Å². The molecule has 5 N–H and O–H groups in total. The van der Waals surface area contributed by atoms with Gasteiger partial charge in [0.25, 0.3) is 0 Å². The second-order valence-electron chi connectivity index (χ2n) is 26.1. The van der Waals surface area contributed by atoms with E-state index in [-0.39, 0.29) is 77.1 Å². The van der Waals surface area contributed by atoms with Crippen LogP contribution in [0.4, 0.5) is 0 Å². The van der Waals surface area contributed by atoms with Gasteiger partial charge in [-0.1, -0.05) is 112 Å². The fourth-order valence-corrected chi connectivity index (χ4v) is 9.50. The summed E-state index contributed by atoms with van der Waals surface area (Å²) in [4.78, 5) is 29.9. The van der Waals surface area contributed by atoms with Gasteiger partial charge in [-0.3, -0.25) is 19.3 Å². The summed E-state index contributed by atoms with van der Waals surface area (Å²) in [6, 6.07) is 0. The van der Waals surface area contributed by atoms with Crippen LogP contribution in [-0.4, -0.2) is 137 Å². The summed E-state index contributed by atoms with van der Waals surface area (Å²) >= 11 is 0. The van der Waals surface area contributed by atoms with Crippen molar-refractivity contribution in [2.75, 3.05) is 32.9 Å². The third kappa shape index (κ3) is 22.0. The van der Waals surface area contributed by atoms with Crippen molar-refractivity contribution in [1.29, 1.82) is 0 Å². The molecule has 68 heavy (non-hydrogen) atoms. The molecule has 0 saturated carbocycles. The lowest BCUT2D eigenvalue weighted by atomic mass is 9.67. The zero-order chi connectivity index (χ0) is 52.6. The predicted molar refractivity (Wildman–Crippen MR) is 277 cm³/mol. The highest BCUT2D eigenvalue weighted by Gasteiger charge is 2.52. The second-order valence-corrected chi connectivity index (χ2v) is 26.1. The topological polar surface area (TPSA) is 165 Å². The molecule has 3 heterocycles. The summed E-state index contributed by atoms with van der Waals surface area (Å²) in [6.45, 7) is 39.8. The van der Waals surface area contributed by atoms with E-state index in [1.165, 1.54) is 70.6 Å². The highest BCUT2D eigenvalue weighted by atomic mass is 16.7. The van der Waals surface area contributed by atoms with Gasteiger partial charge < -0.3 is 30.3 Å². The Morgan fingerprint density at radius 1 is 0.515 bits per heavy atom. The van der Waals surface area contributed by atoms with E-state index in [0.29, 0.717) is 32.4 Å². The van der Waals surface area contributed by atoms with Crippen molar-refractivity contribution in [2.24, 2.45) is 10.8 Å². The minimum atomic E-state index is -0.886. The zero-order valence-electron chi connectivity index (χ0n) is 47.6. The number of nitrogens with zero attached hydrogens (tertiary/aromatic N) is 3. The van der Waals surface area contributed by atoms with Gasteiger partial charge in [-0.25, -0.2) is 0 Å².